The number of rotatable bonds is 6. The Kier molecular flexibility index (Phi) is 7.12. The molecule has 0 aromatic heterocycles. The summed E-state index contributed by atoms with van der Waals surface area (Å²) in [6.45, 7) is 3.13. The van der Waals surface area contributed by atoms with Crippen LogP contribution in [0.15, 0.2) is 42.5 Å². The SMILES string of the molecule is Cc1cc(OCC(=O)NNC(=O)C(C)Oc2ccc(Cl)cc2)ccc1Cl. The molecule has 6 nitrogen and oxygen atoms in total. The van der Waals surface area contributed by atoms with Gasteiger partial charge in [-0.05, 0) is 61.9 Å². The van der Waals surface area contributed by atoms with E-state index >= 15 is 0 Å². The summed E-state index contributed by atoms with van der Waals surface area (Å²) in [6.07, 6.45) is -0.809. The van der Waals surface area contributed by atoms with Crippen molar-refractivity contribution in [3.63, 3.8) is 0 Å². The molecular formula is C18H18Cl2N2O4. The molecule has 2 N–H and O–H groups in total. The number of carbonyl (C=O) groups excluding carboxylic acids is 2. The average molecular weight is 397 g/mol. The second-order valence-corrected chi connectivity index (χ2v) is 6.29. The monoisotopic (exact) mass is 396 g/mol. The molecule has 8 heteroatoms. The Hall–Kier alpha value is -2.44. The van der Waals surface area contributed by atoms with Gasteiger partial charge in [0, 0.05) is 10.0 Å². The van der Waals surface area contributed by atoms with Gasteiger partial charge in [0.25, 0.3) is 11.8 Å². The molecule has 1 unspecified atom stereocenters. The first kappa shape index (κ1) is 19.9. The van der Waals surface area contributed by atoms with Crippen LogP contribution in [0.1, 0.15) is 12.5 Å². The van der Waals surface area contributed by atoms with Gasteiger partial charge in [-0.3, -0.25) is 20.4 Å². The molecule has 2 rings (SSSR count). The van der Waals surface area contributed by atoms with E-state index in [0.29, 0.717) is 21.5 Å². The van der Waals surface area contributed by atoms with Gasteiger partial charge in [-0.1, -0.05) is 23.2 Å². The standard InChI is InChI=1S/C18H18Cl2N2O4/c1-11-9-15(7-8-16(11)20)25-10-17(23)21-22-18(24)12(2)26-14-5-3-13(19)4-6-14/h3-9,12H,10H2,1-2H3,(H,21,23)(H,22,24). The quantitative estimate of drug-likeness (QED) is 0.734. The second kappa shape index (κ2) is 9.31. The van der Waals surface area contributed by atoms with Crippen molar-refractivity contribution in [2.45, 2.75) is 20.0 Å². The molecular weight excluding hydrogens is 379 g/mol. The van der Waals surface area contributed by atoms with Gasteiger partial charge in [-0.15, -0.1) is 0 Å². The third kappa shape index (κ3) is 6.13. The summed E-state index contributed by atoms with van der Waals surface area (Å²) in [7, 11) is 0. The zero-order valence-electron chi connectivity index (χ0n) is 14.2. The van der Waals surface area contributed by atoms with E-state index in [-0.39, 0.29) is 6.61 Å². The van der Waals surface area contributed by atoms with E-state index in [9.17, 15) is 9.59 Å². The molecule has 0 heterocycles. The molecule has 0 saturated heterocycles. The minimum absolute atomic E-state index is 0.256. The van der Waals surface area contributed by atoms with Gasteiger partial charge in [0.05, 0.1) is 0 Å². The van der Waals surface area contributed by atoms with Crippen molar-refractivity contribution in [1.29, 1.82) is 0 Å². The van der Waals surface area contributed by atoms with Gasteiger partial charge >= 0.3 is 0 Å². The Morgan fingerprint density at radius 1 is 1.04 bits per heavy atom. The first-order chi connectivity index (χ1) is 12.3. The number of ether oxygens (including phenoxy) is 2. The maximum absolute atomic E-state index is 11.9. The topological polar surface area (TPSA) is 76.7 Å². The van der Waals surface area contributed by atoms with E-state index < -0.39 is 17.9 Å². The lowest BCUT2D eigenvalue weighted by atomic mass is 10.2. The Morgan fingerprint density at radius 3 is 2.35 bits per heavy atom. The Balaban J connectivity index is 1.74. The Labute approximate surface area is 161 Å². The number of aryl methyl sites for hydroxylation is 1. The van der Waals surface area contributed by atoms with Gasteiger partial charge in [0.1, 0.15) is 11.5 Å². The van der Waals surface area contributed by atoms with Crippen molar-refractivity contribution in [2.75, 3.05) is 6.61 Å². The lowest BCUT2D eigenvalue weighted by molar-refractivity contribution is -0.133. The zero-order valence-corrected chi connectivity index (χ0v) is 15.7. The van der Waals surface area contributed by atoms with Crippen molar-refractivity contribution >= 4 is 35.0 Å². The van der Waals surface area contributed by atoms with Crippen LogP contribution in [0.3, 0.4) is 0 Å². The molecule has 0 aliphatic carbocycles. The molecule has 2 aromatic rings. The predicted octanol–water partition coefficient (Wildman–Crippen LogP) is 3.30. The molecule has 2 aromatic carbocycles. The fourth-order valence-corrected chi connectivity index (χ4v) is 2.14. The molecule has 0 saturated carbocycles. The Bertz CT molecular complexity index is 781. The molecule has 2 amide bonds. The van der Waals surface area contributed by atoms with Crippen molar-refractivity contribution in [2.24, 2.45) is 0 Å². The number of benzene rings is 2. The van der Waals surface area contributed by atoms with Crippen LogP contribution < -0.4 is 20.3 Å². The molecule has 0 bridgehead atoms. The van der Waals surface area contributed by atoms with E-state index in [1.165, 1.54) is 0 Å². The first-order valence-electron chi connectivity index (χ1n) is 7.75. The molecule has 1 atom stereocenters. The minimum Gasteiger partial charge on any atom is -0.484 e. The van der Waals surface area contributed by atoms with Crippen LogP contribution in [-0.4, -0.2) is 24.5 Å². The fourth-order valence-electron chi connectivity index (χ4n) is 1.90. The number of amides is 2. The summed E-state index contributed by atoms with van der Waals surface area (Å²) in [6, 6.07) is 11.7. The van der Waals surface area contributed by atoms with Crippen LogP contribution in [0.5, 0.6) is 11.5 Å². The number of hydrazine groups is 1. The van der Waals surface area contributed by atoms with Gasteiger partial charge in [-0.2, -0.15) is 0 Å². The number of halogens is 2. The number of hydrogen-bond acceptors (Lipinski definition) is 4. The highest BCUT2D eigenvalue weighted by molar-refractivity contribution is 6.31. The van der Waals surface area contributed by atoms with E-state index in [1.54, 1.807) is 49.4 Å². The predicted molar refractivity (Wildman–Crippen MR) is 99.5 cm³/mol. The Morgan fingerprint density at radius 2 is 1.69 bits per heavy atom. The maximum atomic E-state index is 11.9. The van der Waals surface area contributed by atoms with Crippen LogP contribution in [-0.2, 0) is 9.59 Å². The van der Waals surface area contributed by atoms with E-state index in [0.717, 1.165) is 5.56 Å². The van der Waals surface area contributed by atoms with Crippen LogP contribution in [0.2, 0.25) is 10.0 Å². The summed E-state index contributed by atoms with van der Waals surface area (Å²) in [5, 5.41) is 1.18. The van der Waals surface area contributed by atoms with Crippen molar-refractivity contribution < 1.29 is 19.1 Å². The van der Waals surface area contributed by atoms with E-state index in [1.807, 2.05) is 6.92 Å². The van der Waals surface area contributed by atoms with Crippen LogP contribution in [0.25, 0.3) is 0 Å². The summed E-state index contributed by atoms with van der Waals surface area (Å²) < 4.78 is 10.8. The molecule has 0 radical (unpaired) electrons. The lowest BCUT2D eigenvalue weighted by Gasteiger charge is -2.15. The fraction of sp³-hybridized carbons (Fsp3) is 0.222. The third-order valence-electron chi connectivity index (χ3n) is 3.32. The normalized spacial score (nSPS) is 11.4. The van der Waals surface area contributed by atoms with Crippen molar-refractivity contribution in [3.8, 4) is 11.5 Å². The smallest absolute Gasteiger partial charge is 0.279 e. The molecule has 0 aliphatic rings. The van der Waals surface area contributed by atoms with Crippen LogP contribution >= 0.6 is 23.2 Å². The largest absolute Gasteiger partial charge is 0.484 e. The maximum Gasteiger partial charge on any atom is 0.279 e. The number of hydrogen-bond donors (Lipinski definition) is 2. The zero-order chi connectivity index (χ0) is 19.1. The van der Waals surface area contributed by atoms with Gasteiger partial charge in [0.15, 0.2) is 12.7 Å². The highest BCUT2D eigenvalue weighted by Crippen LogP contribution is 2.21. The summed E-state index contributed by atoms with van der Waals surface area (Å²) in [4.78, 5) is 23.7. The summed E-state index contributed by atoms with van der Waals surface area (Å²) in [5.74, 6) is -0.0158. The van der Waals surface area contributed by atoms with Gasteiger partial charge in [0.2, 0.25) is 0 Å². The highest BCUT2D eigenvalue weighted by Gasteiger charge is 2.15. The molecule has 138 valence electrons. The second-order valence-electron chi connectivity index (χ2n) is 5.45. The first-order valence-corrected chi connectivity index (χ1v) is 8.50. The van der Waals surface area contributed by atoms with Crippen LogP contribution in [0.4, 0.5) is 0 Å². The average Bonchev–Trinajstić information content (AvgIpc) is 2.62. The molecule has 0 aliphatic heterocycles. The highest BCUT2D eigenvalue weighted by atomic mass is 35.5. The summed E-state index contributed by atoms with van der Waals surface area (Å²) >= 11 is 11.7. The lowest BCUT2D eigenvalue weighted by Crippen LogP contribution is -2.48. The molecule has 26 heavy (non-hydrogen) atoms. The van der Waals surface area contributed by atoms with Crippen molar-refractivity contribution in [3.05, 3.63) is 58.1 Å². The molecule has 0 spiro atoms. The number of carbonyl (C=O) groups is 2. The van der Waals surface area contributed by atoms with Crippen LogP contribution in [0, 0.1) is 6.92 Å². The minimum atomic E-state index is -0.809. The molecule has 0 fully saturated rings. The number of nitrogens with one attached hydrogen (secondary N) is 2. The van der Waals surface area contributed by atoms with Gasteiger partial charge < -0.3 is 9.47 Å². The van der Waals surface area contributed by atoms with E-state index in [2.05, 4.69) is 10.9 Å². The third-order valence-corrected chi connectivity index (χ3v) is 4.00. The summed E-state index contributed by atoms with van der Waals surface area (Å²) in [5.41, 5.74) is 5.38. The van der Waals surface area contributed by atoms with Gasteiger partial charge in [-0.25, -0.2) is 0 Å². The van der Waals surface area contributed by atoms with Crippen molar-refractivity contribution in [1.82, 2.24) is 10.9 Å². The van der Waals surface area contributed by atoms with E-state index in [4.69, 9.17) is 32.7 Å².